The number of nitrogens with two attached hydrogens (primary N) is 1. The molecule has 3 aromatic rings. The number of imidazole rings is 1. The van der Waals surface area contributed by atoms with E-state index in [1.165, 1.54) is 41.1 Å². The Morgan fingerprint density at radius 1 is 1.32 bits per heavy atom. The molecule has 0 aliphatic heterocycles. The third kappa shape index (κ3) is 2.18. The molecule has 1 unspecified atom stereocenters. The molecule has 1 atom stereocenters. The van der Waals surface area contributed by atoms with Crippen LogP contribution in [0.2, 0.25) is 0 Å². The molecule has 1 aliphatic rings. The van der Waals surface area contributed by atoms with Crippen LogP contribution in [-0.2, 0) is 19.3 Å². The molecule has 1 aromatic carbocycles. The quantitative estimate of drug-likeness (QED) is 0.801. The van der Waals surface area contributed by atoms with Gasteiger partial charge >= 0.3 is 0 Å². The van der Waals surface area contributed by atoms with E-state index in [2.05, 4.69) is 35.6 Å². The highest BCUT2D eigenvalue weighted by molar-refractivity contribution is 7.17. The number of hydrogen-bond acceptors (Lipinski definition) is 3. The summed E-state index contributed by atoms with van der Waals surface area (Å²) in [5.74, 6) is 0.794. The molecular weight excluding hydrogens is 290 g/mol. The maximum absolute atomic E-state index is 5.89. The maximum atomic E-state index is 5.89. The molecule has 0 bridgehead atoms. The zero-order chi connectivity index (χ0) is 15.1. The van der Waals surface area contributed by atoms with Crippen molar-refractivity contribution in [3.63, 3.8) is 0 Å². The fourth-order valence-electron chi connectivity index (χ4n) is 3.48. The van der Waals surface area contributed by atoms with Gasteiger partial charge in [0.2, 0.25) is 0 Å². The van der Waals surface area contributed by atoms with Crippen molar-refractivity contribution < 1.29 is 0 Å². The highest BCUT2D eigenvalue weighted by atomic mass is 32.1. The molecule has 0 spiro atoms. The number of rotatable bonds is 3. The van der Waals surface area contributed by atoms with Crippen molar-refractivity contribution in [1.29, 1.82) is 0 Å². The van der Waals surface area contributed by atoms with Crippen LogP contribution in [0, 0.1) is 5.92 Å². The van der Waals surface area contributed by atoms with Gasteiger partial charge in [0.05, 0.1) is 11.4 Å². The van der Waals surface area contributed by atoms with Gasteiger partial charge in [0.15, 0.2) is 4.96 Å². The second-order valence-corrected chi connectivity index (χ2v) is 7.31. The summed E-state index contributed by atoms with van der Waals surface area (Å²) < 4.78 is 2.40. The zero-order valence-corrected chi connectivity index (χ0v) is 13.7. The number of fused-ring (bicyclic) bond motifs is 3. The summed E-state index contributed by atoms with van der Waals surface area (Å²) >= 11 is 1.87. The van der Waals surface area contributed by atoms with Crippen molar-refractivity contribution in [2.75, 3.05) is 6.54 Å². The van der Waals surface area contributed by atoms with E-state index in [4.69, 9.17) is 10.7 Å². The third-order valence-electron chi connectivity index (χ3n) is 4.58. The summed E-state index contributed by atoms with van der Waals surface area (Å²) in [6.07, 6.45) is 4.52. The standard InChI is InChI=1S/C18H21N3S/c1-12-7-8-14-16(11-12)22-18-20-17(13-5-3-2-4-6-13)15(9-10-19)21(14)18/h2-6,12H,7-11,19H2,1H3. The fourth-order valence-corrected chi connectivity index (χ4v) is 4.83. The maximum Gasteiger partial charge on any atom is 0.194 e. The SMILES string of the molecule is CC1CCc2c(sc3nc(-c4ccccc4)c(CCN)n23)C1. The van der Waals surface area contributed by atoms with E-state index in [1.807, 2.05) is 17.4 Å². The van der Waals surface area contributed by atoms with Gasteiger partial charge in [-0.1, -0.05) is 37.3 Å². The van der Waals surface area contributed by atoms with Crippen LogP contribution >= 0.6 is 11.3 Å². The molecule has 0 amide bonds. The Balaban J connectivity index is 1.92. The summed E-state index contributed by atoms with van der Waals surface area (Å²) in [5.41, 5.74) is 11.0. The lowest BCUT2D eigenvalue weighted by atomic mass is 9.93. The van der Waals surface area contributed by atoms with Gasteiger partial charge in [-0.15, -0.1) is 11.3 Å². The number of benzene rings is 1. The summed E-state index contributed by atoms with van der Waals surface area (Å²) in [7, 11) is 0. The Hall–Kier alpha value is -1.65. The Morgan fingerprint density at radius 2 is 2.14 bits per heavy atom. The van der Waals surface area contributed by atoms with Gasteiger partial charge in [0.1, 0.15) is 0 Å². The van der Waals surface area contributed by atoms with Crippen LogP contribution in [0.15, 0.2) is 30.3 Å². The Labute approximate surface area is 134 Å². The van der Waals surface area contributed by atoms with E-state index >= 15 is 0 Å². The van der Waals surface area contributed by atoms with Gasteiger partial charge in [-0.25, -0.2) is 4.98 Å². The van der Waals surface area contributed by atoms with E-state index in [9.17, 15) is 0 Å². The molecule has 2 N–H and O–H groups in total. The van der Waals surface area contributed by atoms with Gasteiger partial charge in [-0.3, -0.25) is 4.40 Å². The number of thiazole rings is 1. The third-order valence-corrected chi connectivity index (χ3v) is 5.69. The molecule has 0 saturated heterocycles. The minimum Gasteiger partial charge on any atom is -0.330 e. The predicted octanol–water partition coefficient (Wildman–Crippen LogP) is 3.69. The van der Waals surface area contributed by atoms with Crippen molar-refractivity contribution in [2.24, 2.45) is 11.7 Å². The van der Waals surface area contributed by atoms with Gasteiger partial charge in [0, 0.05) is 22.6 Å². The molecule has 2 aromatic heterocycles. The lowest BCUT2D eigenvalue weighted by Crippen LogP contribution is -2.13. The monoisotopic (exact) mass is 311 g/mol. The molecule has 1 aliphatic carbocycles. The molecule has 4 rings (SSSR count). The largest absolute Gasteiger partial charge is 0.330 e. The number of aromatic nitrogens is 2. The van der Waals surface area contributed by atoms with Crippen LogP contribution in [0.5, 0.6) is 0 Å². The van der Waals surface area contributed by atoms with Crippen LogP contribution in [0.3, 0.4) is 0 Å². The summed E-state index contributed by atoms with van der Waals surface area (Å²) in [5, 5.41) is 0. The predicted molar refractivity (Wildman–Crippen MR) is 92.5 cm³/mol. The van der Waals surface area contributed by atoms with Crippen LogP contribution in [0.1, 0.15) is 29.6 Å². The summed E-state index contributed by atoms with van der Waals surface area (Å²) in [4.78, 5) is 7.62. The molecule has 0 saturated carbocycles. The lowest BCUT2D eigenvalue weighted by Gasteiger charge is -2.18. The van der Waals surface area contributed by atoms with Crippen molar-refractivity contribution in [3.8, 4) is 11.3 Å². The van der Waals surface area contributed by atoms with Crippen LogP contribution in [-0.4, -0.2) is 15.9 Å². The smallest absolute Gasteiger partial charge is 0.194 e. The molecule has 3 nitrogen and oxygen atoms in total. The Bertz CT molecular complexity index is 801. The minimum atomic E-state index is 0.661. The highest BCUT2D eigenvalue weighted by Crippen LogP contribution is 2.36. The molecule has 4 heteroatoms. The Morgan fingerprint density at radius 3 is 2.91 bits per heavy atom. The zero-order valence-electron chi connectivity index (χ0n) is 12.9. The topological polar surface area (TPSA) is 43.3 Å². The van der Waals surface area contributed by atoms with Crippen molar-refractivity contribution >= 4 is 16.3 Å². The molecule has 0 fully saturated rings. The van der Waals surface area contributed by atoms with Crippen molar-refractivity contribution in [2.45, 2.75) is 32.6 Å². The fraction of sp³-hybridized carbons (Fsp3) is 0.389. The van der Waals surface area contributed by atoms with Gasteiger partial charge in [-0.05, 0) is 31.7 Å². The molecule has 0 radical (unpaired) electrons. The number of hydrogen-bond donors (Lipinski definition) is 1. The average Bonchev–Trinajstić information content (AvgIpc) is 3.05. The van der Waals surface area contributed by atoms with Crippen molar-refractivity contribution in [3.05, 3.63) is 46.6 Å². The molecule has 2 heterocycles. The van der Waals surface area contributed by atoms with E-state index in [0.29, 0.717) is 6.54 Å². The number of aryl methyl sites for hydroxylation is 1. The summed E-state index contributed by atoms with van der Waals surface area (Å²) in [6, 6.07) is 10.5. The first kappa shape index (κ1) is 14.0. The first-order valence-corrected chi connectivity index (χ1v) is 8.87. The first-order valence-electron chi connectivity index (χ1n) is 8.05. The van der Waals surface area contributed by atoms with E-state index in [1.54, 1.807) is 0 Å². The second kappa shape index (κ2) is 5.52. The van der Waals surface area contributed by atoms with Gasteiger partial charge < -0.3 is 5.73 Å². The average molecular weight is 311 g/mol. The lowest BCUT2D eigenvalue weighted by molar-refractivity contribution is 0.498. The van der Waals surface area contributed by atoms with E-state index < -0.39 is 0 Å². The van der Waals surface area contributed by atoms with E-state index in [0.717, 1.165) is 23.0 Å². The van der Waals surface area contributed by atoms with E-state index in [-0.39, 0.29) is 0 Å². The van der Waals surface area contributed by atoms with Crippen molar-refractivity contribution in [1.82, 2.24) is 9.38 Å². The van der Waals surface area contributed by atoms with Gasteiger partial charge in [0.25, 0.3) is 0 Å². The normalized spacial score (nSPS) is 17.8. The molecule has 22 heavy (non-hydrogen) atoms. The van der Waals surface area contributed by atoms with Crippen LogP contribution < -0.4 is 5.73 Å². The number of nitrogens with zero attached hydrogens (tertiary/aromatic N) is 2. The van der Waals surface area contributed by atoms with Gasteiger partial charge in [-0.2, -0.15) is 0 Å². The second-order valence-electron chi connectivity index (χ2n) is 6.25. The van der Waals surface area contributed by atoms with Crippen LogP contribution in [0.25, 0.3) is 16.2 Å². The summed E-state index contributed by atoms with van der Waals surface area (Å²) in [6.45, 7) is 3.01. The Kier molecular flexibility index (Phi) is 3.51. The highest BCUT2D eigenvalue weighted by Gasteiger charge is 2.24. The molecular formula is C18H21N3S. The van der Waals surface area contributed by atoms with Crippen LogP contribution in [0.4, 0.5) is 0 Å². The first-order chi connectivity index (χ1) is 10.8. The minimum absolute atomic E-state index is 0.661. The molecule has 114 valence electrons.